The van der Waals surface area contributed by atoms with Crippen LogP contribution in [-0.2, 0) is 18.3 Å². The molecule has 1 spiro atoms. The summed E-state index contributed by atoms with van der Waals surface area (Å²) >= 11 is 2.94. The first-order chi connectivity index (χ1) is 21.5. The van der Waals surface area contributed by atoms with E-state index in [9.17, 15) is 5.26 Å². The van der Waals surface area contributed by atoms with Gasteiger partial charge in [-0.05, 0) is 70.5 Å². The molecule has 7 rings (SSSR count). The Kier molecular flexibility index (Phi) is 7.61. The second-order valence-corrected chi connectivity index (χ2v) is 13.5. The zero-order valence-electron chi connectivity index (χ0n) is 24.3. The Hall–Kier alpha value is -4.19. The van der Waals surface area contributed by atoms with Crippen molar-refractivity contribution in [3.05, 3.63) is 50.0 Å². The average Bonchev–Trinajstić information content (AvgIpc) is 3.84. The van der Waals surface area contributed by atoms with Gasteiger partial charge < -0.3 is 25.7 Å². The van der Waals surface area contributed by atoms with Crippen LogP contribution in [-0.4, -0.2) is 63.2 Å². The molecule has 0 bridgehead atoms. The van der Waals surface area contributed by atoms with Crippen LogP contribution in [0, 0.1) is 11.3 Å². The second-order valence-electron chi connectivity index (χ2n) is 11.5. The number of hydrogen-bond donors (Lipinski definition) is 2. The van der Waals surface area contributed by atoms with Crippen molar-refractivity contribution in [1.82, 2.24) is 25.0 Å². The van der Waals surface area contributed by atoms with Crippen LogP contribution in [0.1, 0.15) is 70.7 Å². The summed E-state index contributed by atoms with van der Waals surface area (Å²) in [6, 6.07) is 4.41. The molecule has 2 aliphatic carbocycles. The number of nitrogen functional groups attached to an aromatic ring is 1. The maximum absolute atomic E-state index is 10.0. The number of aryl methyl sites for hydroxylation is 1. The van der Waals surface area contributed by atoms with E-state index in [2.05, 4.69) is 38.3 Å². The number of anilines is 1. The molecule has 3 aliphatic rings. The number of hydrogen-bond acceptors (Lipinski definition) is 14. The minimum atomic E-state index is -0.436. The fraction of sp³-hybridized carbons (Fsp3) is 0.433. The number of thiophene rings is 1. The molecule has 14 heteroatoms. The molecule has 0 amide bonds. The monoisotopic (exact) mass is 628 g/mol. The van der Waals surface area contributed by atoms with Gasteiger partial charge >= 0.3 is 0 Å². The summed E-state index contributed by atoms with van der Waals surface area (Å²) in [5.74, 6) is 7.62. The molecular weight excluding hydrogens is 597 g/mol. The summed E-state index contributed by atoms with van der Waals surface area (Å²) in [4.78, 5) is 22.6. The predicted octanol–water partition coefficient (Wildman–Crippen LogP) is 4.60. The van der Waals surface area contributed by atoms with E-state index in [-0.39, 0.29) is 0 Å². The molecule has 4 N–H and O–H groups in total. The number of ether oxygens (including phenoxy) is 1. The van der Waals surface area contributed by atoms with E-state index >= 15 is 0 Å². The fourth-order valence-corrected chi connectivity index (χ4v) is 8.62. The lowest BCUT2D eigenvalue weighted by Crippen LogP contribution is -2.35. The number of nitrogens with two attached hydrogens (primary N) is 2. The molecule has 12 nitrogen and oxygen atoms in total. The van der Waals surface area contributed by atoms with Crippen LogP contribution in [0.3, 0.4) is 0 Å². The SMILES string of the molecule is CN1CCC[C@H]1COc1cc(/N=C/C(=N\N)c2cncs2)nc(-c2noc3c2CCC[C@@]32CCCc3sc(N)c(C#N)c32)n1. The summed E-state index contributed by atoms with van der Waals surface area (Å²) in [5.41, 5.74) is 11.2. The Labute approximate surface area is 262 Å². The standard InChI is InChI=1S/C30H32N10O2S2/c1-40-10-4-5-17(40)15-41-24-11-23(35-13-20(38-33)22-14-34-16-43-22)36-29(37-24)26-18-6-2-8-30(27(18)42-39-26)9-3-7-21-25(30)19(12-31)28(32)44-21/h11,13-14,16-17H,2-10,15,32-33H2,1H3/b35-13+,38-20+/t17-,30-/m0/s1. The van der Waals surface area contributed by atoms with E-state index in [1.807, 2.05) is 0 Å². The largest absolute Gasteiger partial charge is 0.476 e. The van der Waals surface area contributed by atoms with Crippen LogP contribution in [0.2, 0.25) is 0 Å². The maximum atomic E-state index is 10.0. The number of likely N-dealkylation sites (tertiary alicyclic amines) is 1. The van der Waals surface area contributed by atoms with Crippen LogP contribution in [0.15, 0.2) is 32.4 Å². The van der Waals surface area contributed by atoms with E-state index in [1.165, 1.54) is 27.6 Å². The molecule has 1 fully saturated rings. The molecular formula is C30H32N10O2S2. The summed E-state index contributed by atoms with van der Waals surface area (Å²) in [7, 11) is 2.11. The Balaban J connectivity index is 1.29. The molecule has 1 aliphatic heterocycles. The Bertz CT molecular complexity index is 1780. The lowest BCUT2D eigenvalue weighted by molar-refractivity contribution is 0.193. The van der Waals surface area contributed by atoms with Crippen molar-refractivity contribution in [2.45, 2.75) is 62.8 Å². The number of aromatic nitrogens is 4. The molecule has 0 unspecified atom stereocenters. The molecule has 226 valence electrons. The van der Waals surface area contributed by atoms with Crippen molar-refractivity contribution < 1.29 is 9.26 Å². The summed E-state index contributed by atoms with van der Waals surface area (Å²) in [6.45, 7) is 1.56. The molecule has 4 aromatic heterocycles. The van der Waals surface area contributed by atoms with Crippen LogP contribution in [0.25, 0.3) is 11.5 Å². The first-order valence-corrected chi connectivity index (χ1v) is 16.4. The van der Waals surface area contributed by atoms with Gasteiger partial charge in [-0.3, -0.25) is 4.98 Å². The number of rotatable bonds is 7. The van der Waals surface area contributed by atoms with E-state index in [4.69, 9.17) is 30.8 Å². The third-order valence-electron chi connectivity index (χ3n) is 9.00. The van der Waals surface area contributed by atoms with Gasteiger partial charge in [0.25, 0.3) is 0 Å². The van der Waals surface area contributed by atoms with Crippen LogP contribution >= 0.6 is 22.7 Å². The minimum Gasteiger partial charge on any atom is -0.476 e. The maximum Gasteiger partial charge on any atom is 0.219 e. The van der Waals surface area contributed by atoms with Crippen molar-refractivity contribution in [1.29, 1.82) is 5.26 Å². The molecule has 0 saturated carbocycles. The number of fused-ring (bicyclic) bond motifs is 4. The minimum absolute atomic E-state index is 0.315. The Morgan fingerprint density at radius 1 is 1.30 bits per heavy atom. The number of likely N-dealkylation sites (N-methyl/N-ethyl adjacent to an activating group) is 1. The van der Waals surface area contributed by atoms with Crippen molar-refractivity contribution in [2.75, 3.05) is 25.9 Å². The quantitative estimate of drug-likeness (QED) is 0.167. The normalized spacial score (nSPS) is 21.9. The highest BCUT2D eigenvalue weighted by molar-refractivity contribution is 7.16. The number of aliphatic imine (C=N–C) groups is 1. The van der Waals surface area contributed by atoms with Gasteiger partial charge in [-0.2, -0.15) is 15.3 Å². The summed E-state index contributed by atoms with van der Waals surface area (Å²) in [5, 5.41) is 19.1. The van der Waals surface area contributed by atoms with Gasteiger partial charge in [0, 0.05) is 28.7 Å². The molecule has 2 atom stereocenters. The predicted molar refractivity (Wildman–Crippen MR) is 170 cm³/mol. The highest BCUT2D eigenvalue weighted by atomic mass is 32.1. The first-order valence-electron chi connectivity index (χ1n) is 14.7. The van der Waals surface area contributed by atoms with Crippen LogP contribution in [0.4, 0.5) is 10.8 Å². The van der Waals surface area contributed by atoms with Gasteiger partial charge in [0.1, 0.15) is 23.4 Å². The van der Waals surface area contributed by atoms with E-state index in [1.54, 1.807) is 24.0 Å². The lowest BCUT2D eigenvalue weighted by Gasteiger charge is -2.39. The Morgan fingerprint density at radius 3 is 2.91 bits per heavy atom. The molecule has 44 heavy (non-hydrogen) atoms. The molecule has 5 heterocycles. The highest BCUT2D eigenvalue weighted by Gasteiger charge is 2.48. The van der Waals surface area contributed by atoms with Gasteiger partial charge in [0.2, 0.25) is 5.88 Å². The van der Waals surface area contributed by atoms with E-state index in [0.717, 1.165) is 79.7 Å². The van der Waals surface area contributed by atoms with Gasteiger partial charge in [-0.15, -0.1) is 22.7 Å². The van der Waals surface area contributed by atoms with Gasteiger partial charge in [0.05, 0.1) is 27.6 Å². The number of hydrazone groups is 1. The van der Waals surface area contributed by atoms with Crippen LogP contribution in [0.5, 0.6) is 5.88 Å². The molecule has 0 aromatic carbocycles. The van der Waals surface area contributed by atoms with Crippen molar-refractivity contribution >= 4 is 45.4 Å². The van der Waals surface area contributed by atoms with E-state index < -0.39 is 5.41 Å². The van der Waals surface area contributed by atoms with Gasteiger partial charge in [0.15, 0.2) is 23.1 Å². The summed E-state index contributed by atoms with van der Waals surface area (Å²) < 4.78 is 12.4. The van der Waals surface area contributed by atoms with Gasteiger partial charge in [-0.1, -0.05) is 5.16 Å². The van der Waals surface area contributed by atoms with Crippen LogP contribution < -0.4 is 16.3 Å². The average molecular weight is 629 g/mol. The van der Waals surface area contributed by atoms with Gasteiger partial charge in [-0.25, -0.2) is 9.98 Å². The Morgan fingerprint density at radius 2 is 2.16 bits per heavy atom. The van der Waals surface area contributed by atoms with Crippen molar-refractivity contribution in [3.63, 3.8) is 0 Å². The third-order valence-corrected chi connectivity index (χ3v) is 10.9. The third kappa shape index (κ3) is 4.94. The molecule has 0 radical (unpaired) electrons. The second kappa shape index (κ2) is 11.7. The highest BCUT2D eigenvalue weighted by Crippen LogP contribution is 2.55. The smallest absolute Gasteiger partial charge is 0.219 e. The fourth-order valence-electron chi connectivity index (χ4n) is 6.88. The number of nitrogens with zero attached hydrogens (tertiary/aromatic N) is 8. The van der Waals surface area contributed by atoms with E-state index in [0.29, 0.717) is 52.1 Å². The van der Waals surface area contributed by atoms with Crippen molar-refractivity contribution in [3.8, 4) is 23.5 Å². The first kappa shape index (κ1) is 28.6. The number of thiazole rings is 1. The zero-order valence-corrected chi connectivity index (χ0v) is 26.0. The molecule has 1 saturated heterocycles. The van der Waals surface area contributed by atoms with Crippen molar-refractivity contribution in [2.24, 2.45) is 15.9 Å². The lowest BCUT2D eigenvalue weighted by atomic mass is 9.63. The topological polar surface area (TPSA) is 178 Å². The number of nitriles is 1. The molecule has 4 aromatic rings. The summed E-state index contributed by atoms with van der Waals surface area (Å²) in [6.07, 6.45) is 10.8. The zero-order chi connectivity index (χ0) is 30.3.